The van der Waals surface area contributed by atoms with Crippen LogP contribution in [-0.4, -0.2) is 35.5 Å². The Kier molecular flexibility index (Phi) is 14.3. The molecule has 0 radical (unpaired) electrons. The molecule has 0 aliphatic rings. The lowest BCUT2D eigenvalue weighted by atomic mass is 10.1. The molecule has 4 nitrogen and oxygen atoms in total. The molecule has 0 fully saturated rings. The average Bonchev–Trinajstić information content (AvgIpc) is 2.50. The summed E-state index contributed by atoms with van der Waals surface area (Å²) in [6.45, 7) is 10.8. The van der Waals surface area contributed by atoms with Crippen LogP contribution >= 0.6 is 0 Å². The van der Waals surface area contributed by atoms with E-state index >= 15 is 0 Å². The molecule has 0 aliphatic heterocycles. The van der Waals surface area contributed by atoms with E-state index in [4.69, 9.17) is 17.7 Å². The molecule has 1 unspecified atom stereocenters. The van der Waals surface area contributed by atoms with Crippen LogP contribution in [0.1, 0.15) is 72.1 Å². The summed E-state index contributed by atoms with van der Waals surface area (Å²) in [6, 6.07) is 0. The van der Waals surface area contributed by atoms with Crippen molar-refractivity contribution in [1.29, 1.82) is 0 Å². The first kappa shape index (κ1) is 21.8. The summed E-state index contributed by atoms with van der Waals surface area (Å²) in [5.41, 5.74) is 0. The summed E-state index contributed by atoms with van der Waals surface area (Å²) in [5, 5.41) is 0. The van der Waals surface area contributed by atoms with Crippen LogP contribution in [-0.2, 0) is 17.7 Å². The summed E-state index contributed by atoms with van der Waals surface area (Å²) in [7, 11) is -1.33. The predicted octanol–water partition coefficient (Wildman–Crippen LogP) is 4.85. The van der Waals surface area contributed by atoms with Crippen LogP contribution in [0.3, 0.4) is 0 Å². The van der Waals surface area contributed by atoms with Crippen LogP contribution in [0.4, 0.5) is 0 Å². The normalized spacial score (nSPS) is 13.3. The highest BCUT2D eigenvalue weighted by molar-refractivity contribution is 6.53. The molecule has 0 saturated carbocycles. The van der Waals surface area contributed by atoms with Crippen LogP contribution in [0, 0.1) is 0 Å². The highest BCUT2D eigenvalue weighted by Gasteiger charge is 2.45. The highest BCUT2D eigenvalue weighted by Crippen LogP contribution is 2.17. The van der Waals surface area contributed by atoms with Gasteiger partial charge < -0.3 is 17.7 Å². The van der Waals surface area contributed by atoms with Gasteiger partial charge >= 0.3 is 9.05 Å². The van der Waals surface area contributed by atoms with Gasteiger partial charge in [0.15, 0.2) is 0 Å². The lowest BCUT2D eigenvalue weighted by Crippen LogP contribution is -2.50. The second-order valence-corrected chi connectivity index (χ2v) is 7.71. The molecule has 0 spiro atoms. The standard InChI is InChI=1S/C17H36O4Si/c1-6-9-10-11-12-13-14-15-16-17(4)21-22(18-5,19-7-2)20-8-3/h6,17H,1,7-16H2,2-5H3. The molecule has 0 N–H and O–H groups in total. The molecule has 0 rings (SSSR count). The third-order valence-electron chi connectivity index (χ3n) is 3.51. The fourth-order valence-corrected chi connectivity index (χ4v) is 4.23. The van der Waals surface area contributed by atoms with E-state index in [9.17, 15) is 0 Å². The molecular weight excluding hydrogens is 296 g/mol. The first-order valence-corrected chi connectivity index (χ1v) is 10.4. The van der Waals surface area contributed by atoms with Gasteiger partial charge in [-0.2, -0.15) is 0 Å². The molecule has 0 aromatic carbocycles. The average molecular weight is 333 g/mol. The third-order valence-corrected chi connectivity index (χ3v) is 5.98. The van der Waals surface area contributed by atoms with Crippen molar-refractivity contribution in [1.82, 2.24) is 0 Å². The first-order valence-electron chi connectivity index (χ1n) is 8.75. The van der Waals surface area contributed by atoms with Gasteiger partial charge in [-0.1, -0.05) is 38.2 Å². The second-order valence-electron chi connectivity index (χ2n) is 5.49. The quantitative estimate of drug-likeness (QED) is 0.230. The number of unbranched alkanes of at least 4 members (excludes halogenated alkanes) is 6. The smallest absolute Gasteiger partial charge is 0.355 e. The largest absolute Gasteiger partial charge is 0.679 e. The lowest BCUT2D eigenvalue weighted by molar-refractivity contribution is -0.0391. The topological polar surface area (TPSA) is 36.9 Å². The highest BCUT2D eigenvalue weighted by atomic mass is 28.4. The maximum absolute atomic E-state index is 5.99. The molecule has 0 amide bonds. The van der Waals surface area contributed by atoms with Crippen LogP contribution in [0.25, 0.3) is 0 Å². The SMILES string of the molecule is C=CCCCCCCCCC(C)O[Si](OC)(OCC)OCC. The van der Waals surface area contributed by atoms with Crippen molar-refractivity contribution in [2.45, 2.75) is 78.2 Å². The molecule has 0 heterocycles. The lowest BCUT2D eigenvalue weighted by Gasteiger charge is -2.28. The van der Waals surface area contributed by atoms with Crippen molar-refractivity contribution < 1.29 is 17.7 Å². The molecule has 22 heavy (non-hydrogen) atoms. The van der Waals surface area contributed by atoms with Crippen molar-refractivity contribution in [2.75, 3.05) is 20.3 Å². The minimum atomic E-state index is -2.93. The maximum Gasteiger partial charge on any atom is 0.679 e. The number of allylic oxidation sites excluding steroid dienone is 1. The molecule has 0 aromatic heterocycles. The van der Waals surface area contributed by atoms with Crippen LogP contribution in [0.2, 0.25) is 0 Å². The molecule has 0 aromatic rings. The van der Waals surface area contributed by atoms with E-state index in [0.717, 1.165) is 12.8 Å². The Balaban J connectivity index is 3.85. The van der Waals surface area contributed by atoms with Crippen molar-refractivity contribution in [3.05, 3.63) is 12.7 Å². The van der Waals surface area contributed by atoms with Gasteiger partial charge in [0.05, 0.1) is 0 Å². The minimum absolute atomic E-state index is 0.102. The summed E-state index contributed by atoms with van der Waals surface area (Å²) < 4.78 is 22.7. The van der Waals surface area contributed by atoms with Crippen molar-refractivity contribution in [2.24, 2.45) is 0 Å². The zero-order valence-electron chi connectivity index (χ0n) is 15.1. The Morgan fingerprint density at radius 2 is 1.50 bits per heavy atom. The number of hydrogen-bond acceptors (Lipinski definition) is 4. The van der Waals surface area contributed by atoms with Gasteiger partial charge in [0, 0.05) is 26.4 Å². The van der Waals surface area contributed by atoms with Crippen LogP contribution in [0.15, 0.2) is 12.7 Å². The molecule has 0 aliphatic carbocycles. The zero-order chi connectivity index (χ0) is 16.7. The van der Waals surface area contributed by atoms with E-state index in [1.165, 1.54) is 38.5 Å². The summed E-state index contributed by atoms with van der Waals surface area (Å²) >= 11 is 0. The van der Waals surface area contributed by atoms with Gasteiger partial charge in [-0.3, -0.25) is 0 Å². The monoisotopic (exact) mass is 332 g/mol. The molecule has 5 heteroatoms. The van der Waals surface area contributed by atoms with Crippen molar-refractivity contribution in [3.63, 3.8) is 0 Å². The number of hydrogen-bond donors (Lipinski definition) is 0. The zero-order valence-corrected chi connectivity index (χ0v) is 16.1. The van der Waals surface area contributed by atoms with E-state index < -0.39 is 9.05 Å². The van der Waals surface area contributed by atoms with E-state index in [1.807, 2.05) is 19.9 Å². The Hall–Kier alpha value is -0.203. The Bertz CT molecular complexity index is 255. The summed E-state index contributed by atoms with van der Waals surface area (Å²) in [5.74, 6) is 0. The molecule has 0 bridgehead atoms. The Labute approximate surface area is 138 Å². The van der Waals surface area contributed by atoms with Gasteiger partial charge in [0.2, 0.25) is 0 Å². The second kappa shape index (κ2) is 14.4. The molecular formula is C17H36O4Si. The summed E-state index contributed by atoms with van der Waals surface area (Å²) in [4.78, 5) is 0. The van der Waals surface area contributed by atoms with Gasteiger partial charge in [-0.15, -0.1) is 6.58 Å². The molecule has 132 valence electrons. The fraction of sp³-hybridized carbons (Fsp3) is 0.882. The van der Waals surface area contributed by atoms with E-state index in [0.29, 0.717) is 13.2 Å². The van der Waals surface area contributed by atoms with Crippen LogP contribution < -0.4 is 0 Å². The van der Waals surface area contributed by atoms with E-state index in [2.05, 4.69) is 13.5 Å². The van der Waals surface area contributed by atoms with Gasteiger partial charge in [0.1, 0.15) is 0 Å². The first-order chi connectivity index (χ1) is 10.6. The van der Waals surface area contributed by atoms with Gasteiger partial charge in [0.25, 0.3) is 0 Å². The van der Waals surface area contributed by atoms with E-state index in [1.54, 1.807) is 7.11 Å². The van der Waals surface area contributed by atoms with Gasteiger partial charge in [-0.25, -0.2) is 0 Å². The summed E-state index contributed by atoms with van der Waals surface area (Å²) in [6.07, 6.45) is 11.9. The minimum Gasteiger partial charge on any atom is -0.355 e. The fourth-order valence-electron chi connectivity index (χ4n) is 2.36. The maximum atomic E-state index is 5.99. The van der Waals surface area contributed by atoms with E-state index in [-0.39, 0.29) is 6.10 Å². The molecule has 1 atom stereocenters. The Morgan fingerprint density at radius 3 is 2.00 bits per heavy atom. The number of rotatable bonds is 16. The third kappa shape index (κ3) is 10.5. The molecule has 0 saturated heterocycles. The van der Waals surface area contributed by atoms with Crippen molar-refractivity contribution in [3.8, 4) is 0 Å². The van der Waals surface area contributed by atoms with Crippen molar-refractivity contribution >= 4 is 9.05 Å². The van der Waals surface area contributed by atoms with Crippen LogP contribution in [0.5, 0.6) is 0 Å². The van der Waals surface area contributed by atoms with Gasteiger partial charge in [-0.05, 0) is 40.0 Å². The predicted molar refractivity (Wildman–Crippen MR) is 93.7 cm³/mol. The Morgan fingerprint density at radius 1 is 0.955 bits per heavy atom.